The lowest BCUT2D eigenvalue weighted by atomic mass is 10.1. The quantitative estimate of drug-likeness (QED) is 0.860. The van der Waals surface area contributed by atoms with Gasteiger partial charge in [0.2, 0.25) is 0 Å². The number of rotatable bonds is 5. The van der Waals surface area contributed by atoms with Gasteiger partial charge < -0.3 is 0 Å². The maximum Gasteiger partial charge on any atom is 0.265 e. The van der Waals surface area contributed by atoms with E-state index in [9.17, 15) is 13.2 Å². The third-order valence-corrected chi connectivity index (χ3v) is 5.47. The number of hydrogen-bond donors (Lipinski definition) is 2. The molecule has 7 heteroatoms. The van der Waals surface area contributed by atoms with Crippen LogP contribution in [0, 0.1) is 0 Å². The first-order valence-corrected chi connectivity index (χ1v) is 9.77. The van der Waals surface area contributed by atoms with E-state index in [1.807, 2.05) is 11.1 Å². The number of benzene rings is 2. The highest BCUT2D eigenvalue weighted by Gasteiger charge is 2.17. The number of nitrogens with one attached hydrogen (secondary N) is 2. The van der Waals surface area contributed by atoms with Gasteiger partial charge in [-0.3, -0.25) is 14.9 Å². The van der Waals surface area contributed by atoms with E-state index >= 15 is 0 Å². The molecule has 1 aliphatic heterocycles. The number of sulfonamides is 1. The largest absolute Gasteiger partial charge is 0.285 e. The van der Waals surface area contributed by atoms with Crippen LogP contribution < -0.4 is 10.1 Å². The number of hydrogen-bond acceptors (Lipinski definition) is 4. The fourth-order valence-corrected chi connectivity index (χ4v) is 3.78. The zero-order valence-electron chi connectivity index (χ0n) is 13.8. The molecule has 25 heavy (non-hydrogen) atoms. The summed E-state index contributed by atoms with van der Waals surface area (Å²) in [6, 6.07) is 14.6. The van der Waals surface area contributed by atoms with E-state index in [2.05, 4.69) is 10.1 Å². The molecule has 0 saturated carbocycles. The SMILES string of the molecule is O=C(NN1CCCCC1)c1ccc(S(=O)(=O)Nc2ccccc2)cc1. The van der Waals surface area contributed by atoms with Gasteiger partial charge >= 0.3 is 0 Å². The number of piperidine rings is 1. The zero-order chi connectivity index (χ0) is 17.7. The minimum atomic E-state index is -3.68. The second-order valence-corrected chi connectivity index (χ2v) is 7.67. The molecule has 6 nitrogen and oxygen atoms in total. The van der Waals surface area contributed by atoms with Crippen LogP contribution in [0.3, 0.4) is 0 Å². The Morgan fingerprint density at radius 3 is 2.16 bits per heavy atom. The predicted molar refractivity (Wildman–Crippen MR) is 96.6 cm³/mol. The van der Waals surface area contributed by atoms with Gasteiger partial charge in [-0.2, -0.15) is 0 Å². The molecule has 3 rings (SSSR count). The van der Waals surface area contributed by atoms with Gasteiger partial charge in [-0.1, -0.05) is 24.6 Å². The number of anilines is 1. The van der Waals surface area contributed by atoms with Gasteiger partial charge in [0.1, 0.15) is 0 Å². The fourth-order valence-electron chi connectivity index (χ4n) is 2.72. The number of para-hydroxylation sites is 1. The summed E-state index contributed by atoms with van der Waals surface area (Å²) in [6.45, 7) is 1.69. The number of carbonyl (C=O) groups excluding carboxylic acids is 1. The molecule has 132 valence electrons. The van der Waals surface area contributed by atoms with Crippen molar-refractivity contribution in [3.8, 4) is 0 Å². The van der Waals surface area contributed by atoms with E-state index in [1.54, 1.807) is 24.3 Å². The number of amides is 1. The third-order valence-electron chi connectivity index (χ3n) is 4.07. The molecule has 1 aliphatic rings. The topological polar surface area (TPSA) is 78.5 Å². The van der Waals surface area contributed by atoms with Crippen LogP contribution in [0.1, 0.15) is 29.6 Å². The van der Waals surface area contributed by atoms with Crippen LogP contribution in [0.2, 0.25) is 0 Å². The number of nitrogens with zero attached hydrogens (tertiary/aromatic N) is 1. The van der Waals surface area contributed by atoms with E-state index in [-0.39, 0.29) is 10.8 Å². The molecular formula is C18H21N3O3S. The molecule has 2 N–H and O–H groups in total. The van der Waals surface area contributed by atoms with Crippen LogP contribution in [0.15, 0.2) is 59.5 Å². The molecule has 1 heterocycles. The minimum Gasteiger partial charge on any atom is -0.285 e. The molecule has 2 aromatic rings. The van der Waals surface area contributed by atoms with E-state index in [4.69, 9.17) is 0 Å². The Kier molecular flexibility index (Phi) is 5.35. The Hall–Kier alpha value is -2.38. The molecule has 1 saturated heterocycles. The first kappa shape index (κ1) is 17.4. The van der Waals surface area contributed by atoms with E-state index in [1.165, 1.54) is 30.7 Å². The van der Waals surface area contributed by atoms with Gasteiger partial charge in [0.25, 0.3) is 15.9 Å². The molecule has 0 radical (unpaired) electrons. The second-order valence-electron chi connectivity index (χ2n) is 5.98. The molecule has 0 aromatic heterocycles. The van der Waals surface area contributed by atoms with E-state index in [0.717, 1.165) is 25.9 Å². The lowest BCUT2D eigenvalue weighted by Gasteiger charge is -2.26. The predicted octanol–water partition coefficient (Wildman–Crippen LogP) is 2.62. The van der Waals surface area contributed by atoms with Crippen LogP contribution in [0.4, 0.5) is 5.69 Å². The molecule has 0 unspecified atom stereocenters. The van der Waals surface area contributed by atoms with Gasteiger partial charge in [-0.25, -0.2) is 13.4 Å². The van der Waals surface area contributed by atoms with Gasteiger partial charge in [-0.15, -0.1) is 0 Å². The Balaban J connectivity index is 1.67. The molecule has 1 fully saturated rings. The lowest BCUT2D eigenvalue weighted by Crippen LogP contribution is -2.45. The molecule has 2 aromatic carbocycles. The molecular weight excluding hydrogens is 338 g/mol. The Morgan fingerprint density at radius 1 is 0.880 bits per heavy atom. The van der Waals surface area contributed by atoms with Gasteiger partial charge in [0.05, 0.1) is 4.90 Å². The summed E-state index contributed by atoms with van der Waals surface area (Å²) in [6.07, 6.45) is 3.33. The first-order valence-electron chi connectivity index (χ1n) is 8.28. The zero-order valence-corrected chi connectivity index (χ0v) is 14.6. The van der Waals surface area contributed by atoms with E-state index < -0.39 is 10.0 Å². The molecule has 0 spiro atoms. The average Bonchev–Trinajstić information content (AvgIpc) is 2.63. The van der Waals surface area contributed by atoms with Crippen molar-refractivity contribution in [2.75, 3.05) is 17.8 Å². The maximum atomic E-state index is 12.4. The summed E-state index contributed by atoms with van der Waals surface area (Å²) in [5, 5.41) is 1.91. The minimum absolute atomic E-state index is 0.117. The van der Waals surface area contributed by atoms with Crippen LogP contribution in [0.25, 0.3) is 0 Å². The number of hydrazine groups is 1. The van der Waals surface area contributed by atoms with Crippen LogP contribution >= 0.6 is 0 Å². The third kappa shape index (κ3) is 4.58. The summed E-state index contributed by atoms with van der Waals surface area (Å²) in [5.41, 5.74) is 3.79. The van der Waals surface area contributed by atoms with Crippen molar-refractivity contribution in [1.82, 2.24) is 10.4 Å². The molecule has 0 aliphatic carbocycles. The monoisotopic (exact) mass is 359 g/mol. The summed E-state index contributed by atoms with van der Waals surface area (Å²) in [4.78, 5) is 12.4. The highest BCUT2D eigenvalue weighted by Crippen LogP contribution is 2.16. The Bertz CT molecular complexity index is 814. The van der Waals surface area contributed by atoms with Crippen molar-refractivity contribution >= 4 is 21.6 Å². The normalized spacial score (nSPS) is 15.5. The van der Waals surface area contributed by atoms with Crippen molar-refractivity contribution in [1.29, 1.82) is 0 Å². The average molecular weight is 359 g/mol. The lowest BCUT2D eigenvalue weighted by molar-refractivity contribution is 0.0750. The standard InChI is InChI=1S/C18H21N3O3S/c22-18(19-21-13-5-2-6-14-21)15-9-11-17(12-10-15)25(23,24)20-16-7-3-1-4-8-16/h1,3-4,7-12,20H,2,5-6,13-14H2,(H,19,22). The van der Waals surface area contributed by atoms with Gasteiger partial charge in [0.15, 0.2) is 0 Å². The maximum absolute atomic E-state index is 12.4. The Morgan fingerprint density at radius 2 is 1.52 bits per heavy atom. The highest BCUT2D eigenvalue weighted by atomic mass is 32.2. The highest BCUT2D eigenvalue weighted by molar-refractivity contribution is 7.92. The fraction of sp³-hybridized carbons (Fsp3) is 0.278. The van der Waals surface area contributed by atoms with Crippen molar-refractivity contribution in [2.24, 2.45) is 0 Å². The van der Waals surface area contributed by atoms with E-state index in [0.29, 0.717) is 11.3 Å². The van der Waals surface area contributed by atoms with Crippen molar-refractivity contribution in [3.63, 3.8) is 0 Å². The number of carbonyl (C=O) groups is 1. The van der Waals surface area contributed by atoms with Crippen LogP contribution in [-0.4, -0.2) is 32.4 Å². The van der Waals surface area contributed by atoms with Gasteiger partial charge in [-0.05, 0) is 49.2 Å². The molecule has 0 bridgehead atoms. The Labute approximate surface area is 147 Å². The summed E-state index contributed by atoms with van der Waals surface area (Å²) in [5.74, 6) is -0.220. The smallest absolute Gasteiger partial charge is 0.265 e. The van der Waals surface area contributed by atoms with Gasteiger partial charge in [0, 0.05) is 24.3 Å². The molecule has 0 atom stereocenters. The van der Waals surface area contributed by atoms with Crippen molar-refractivity contribution in [3.05, 3.63) is 60.2 Å². The van der Waals surface area contributed by atoms with Crippen molar-refractivity contribution < 1.29 is 13.2 Å². The van der Waals surface area contributed by atoms with Crippen LogP contribution in [-0.2, 0) is 10.0 Å². The molecule has 1 amide bonds. The summed E-state index contributed by atoms with van der Waals surface area (Å²) < 4.78 is 27.3. The van der Waals surface area contributed by atoms with Crippen LogP contribution in [0.5, 0.6) is 0 Å². The van der Waals surface area contributed by atoms with Crippen molar-refractivity contribution in [2.45, 2.75) is 24.2 Å². The summed E-state index contributed by atoms with van der Waals surface area (Å²) >= 11 is 0. The summed E-state index contributed by atoms with van der Waals surface area (Å²) in [7, 11) is -3.68. The second kappa shape index (κ2) is 7.67. The first-order chi connectivity index (χ1) is 12.0.